The first-order valence-corrected chi connectivity index (χ1v) is 7.24. The quantitative estimate of drug-likeness (QED) is 0.643. The van der Waals surface area contributed by atoms with Crippen molar-refractivity contribution in [1.29, 1.82) is 0 Å². The van der Waals surface area contributed by atoms with Crippen molar-refractivity contribution in [3.8, 4) is 0 Å². The van der Waals surface area contributed by atoms with Crippen LogP contribution in [-0.2, 0) is 16.1 Å². The minimum atomic E-state index is -0.119. The van der Waals surface area contributed by atoms with Gasteiger partial charge in [0.05, 0.1) is 13.0 Å². The van der Waals surface area contributed by atoms with Gasteiger partial charge in [-0.1, -0.05) is 11.6 Å². The molecule has 0 saturated carbocycles. The normalized spacial score (nSPS) is 19.0. The van der Waals surface area contributed by atoms with Gasteiger partial charge in [0.25, 0.3) is 0 Å². The van der Waals surface area contributed by atoms with Gasteiger partial charge >= 0.3 is 5.97 Å². The predicted molar refractivity (Wildman–Crippen MR) is 79.9 cm³/mol. The molecule has 0 aromatic carbocycles. The molecule has 0 bridgehead atoms. The molecule has 1 fully saturated rings. The number of esters is 1. The fourth-order valence-electron chi connectivity index (χ4n) is 2.75. The molecule has 0 N–H and O–H groups in total. The van der Waals surface area contributed by atoms with E-state index in [0.29, 0.717) is 5.15 Å². The van der Waals surface area contributed by atoms with Gasteiger partial charge in [0.1, 0.15) is 5.52 Å². The smallest absolute Gasteiger partial charge is 0.310 e. The van der Waals surface area contributed by atoms with Crippen molar-refractivity contribution < 1.29 is 9.53 Å². The lowest BCUT2D eigenvalue weighted by Crippen LogP contribution is -2.23. The minimum absolute atomic E-state index is 0.0120. The zero-order chi connectivity index (χ0) is 14.8. The first-order chi connectivity index (χ1) is 10.2. The lowest BCUT2D eigenvalue weighted by Gasteiger charge is -2.15. The maximum absolute atomic E-state index is 11.5. The highest BCUT2D eigenvalue weighted by atomic mass is 35.5. The second kappa shape index (κ2) is 5.95. The number of nitrogens with zero attached hydrogens (tertiary/aromatic N) is 3. The van der Waals surface area contributed by atoms with Crippen LogP contribution in [0.25, 0.3) is 10.9 Å². The van der Waals surface area contributed by atoms with Crippen molar-refractivity contribution in [3.05, 3.63) is 35.2 Å². The molecule has 0 aliphatic carbocycles. The Kier molecular flexibility index (Phi) is 4.03. The maximum atomic E-state index is 11.5. The van der Waals surface area contributed by atoms with Crippen molar-refractivity contribution in [2.75, 3.05) is 20.2 Å². The third kappa shape index (κ3) is 2.99. The molecule has 2 aromatic heterocycles. The first kappa shape index (κ1) is 14.2. The summed E-state index contributed by atoms with van der Waals surface area (Å²) in [6, 6.07) is 3.97. The molecule has 2 aromatic rings. The van der Waals surface area contributed by atoms with Gasteiger partial charge < -0.3 is 4.74 Å². The van der Waals surface area contributed by atoms with E-state index in [4.69, 9.17) is 16.3 Å². The number of likely N-dealkylation sites (tertiary alicyclic amines) is 1. The molecule has 1 atom stereocenters. The zero-order valence-corrected chi connectivity index (χ0v) is 12.5. The summed E-state index contributed by atoms with van der Waals surface area (Å²) in [7, 11) is 1.44. The number of carbonyl (C=O) groups excluding carboxylic acids is 1. The predicted octanol–water partition coefficient (Wildman–Crippen LogP) is 2.28. The van der Waals surface area contributed by atoms with Crippen LogP contribution in [0.1, 0.15) is 12.0 Å². The number of rotatable bonds is 3. The van der Waals surface area contributed by atoms with Gasteiger partial charge in [0, 0.05) is 30.9 Å². The number of carbonyl (C=O) groups is 1. The molecule has 6 heteroatoms. The van der Waals surface area contributed by atoms with E-state index in [9.17, 15) is 4.79 Å². The lowest BCUT2D eigenvalue weighted by atomic mass is 10.1. The summed E-state index contributed by atoms with van der Waals surface area (Å²) in [4.78, 5) is 22.2. The summed E-state index contributed by atoms with van der Waals surface area (Å²) in [6.45, 7) is 2.41. The molecule has 0 radical (unpaired) electrons. The number of fused-ring (bicyclic) bond motifs is 1. The molecule has 1 aliphatic rings. The summed E-state index contributed by atoms with van der Waals surface area (Å²) in [5, 5.41) is 1.40. The number of halogens is 1. The van der Waals surface area contributed by atoms with Crippen molar-refractivity contribution in [3.63, 3.8) is 0 Å². The van der Waals surface area contributed by atoms with Gasteiger partial charge in [-0.15, -0.1) is 0 Å². The molecule has 0 amide bonds. The monoisotopic (exact) mass is 305 g/mol. The molecular weight excluding hydrogens is 290 g/mol. The lowest BCUT2D eigenvalue weighted by molar-refractivity contribution is -0.144. The van der Waals surface area contributed by atoms with Crippen LogP contribution >= 0.6 is 11.6 Å². The topological polar surface area (TPSA) is 55.3 Å². The molecule has 0 spiro atoms. The number of hydrogen-bond acceptors (Lipinski definition) is 5. The van der Waals surface area contributed by atoms with Crippen LogP contribution in [0.5, 0.6) is 0 Å². The van der Waals surface area contributed by atoms with Gasteiger partial charge in [0.15, 0.2) is 5.15 Å². The van der Waals surface area contributed by atoms with Crippen molar-refractivity contribution in [2.45, 2.75) is 13.0 Å². The third-order valence-electron chi connectivity index (χ3n) is 3.82. The molecule has 0 unspecified atom stereocenters. The summed E-state index contributed by atoms with van der Waals surface area (Å²) in [6.07, 6.45) is 4.35. The van der Waals surface area contributed by atoms with Crippen LogP contribution in [0, 0.1) is 5.92 Å². The first-order valence-electron chi connectivity index (χ1n) is 6.86. The minimum Gasteiger partial charge on any atom is -0.469 e. The number of methoxy groups -OCH3 is 1. The standard InChI is InChI=1S/C15H16ClN3O2/c1-21-15(20)12-3-5-19(9-12)8-10-6-11-2-4-17-14(16)13(11)18-7-10/h2,4,6-7,12H,3,5,8-9H2,1H3/t12-/m1/s1. The Labute approximate surface area is 127 Å². The van der Waals surface area contributed by atoms with Crippen LogP contribution in [0.4, 0.5) is 0 Å². The van der Waals surface area contributed by atoms with E-state index in [2.05, 4.69) is 20.9 Å². The summed E-state index contributed by atoms with van der Waals surface area (Å²) in [5.41, 5.74) is 1.83. The summed E-state index contributed by atoms with van der Waals surface area (Å²) >= 11 is 6.01. The fraction of sp³-hybridized carbons (Fsp3) is 0.400. The Balaban J connectivity index is 1.73. The average Bonchev–Trinajstić information content (AvgIpc) is 2.95. The van der Waals surface area contributed by atoms with Crippen molar-refractivity contribution >= 4 is 28.5 Å². The van der Waals surface area contributed by atoms with E-state index in [-0.39, 0.29) is 11.9 Å². The largest absolute Gasteiger partial charge is 0.469 e. The summed E-state index contributed by atoms with van der Waals surface area (Å²) in [5.74, 6) is -0.131. The van der Waals surface area contributed by atoms with E-state index >= 15 is 0 Å². The third-order valence-corrected chi connectivity index (χ3v) is 4.10. The van der Waals surface area contributed by atoms with Crippen LogP contribution in [0.3, 0.4) is 0 Å². The van der Waals surface area contributed by atoms with E-state index in [0.717, 1.165) is 42.5 Å². The number of ether oxygens (including phenoxy) is 1. The SMILES string of the molecule is COC(=O)[C@@H]1CCN(Cc2cnc3c(Cl)nccc3c2)C1. The van der Waals surface area contributed by atoms with Gasteiger partial charge in [-0.2, -0.15) is 0 Å². The molecule has 5 nitrogen and oxygen atoms in total. The van der Waals surface area contributed by atoms with E-state index in [1.807, 2.05) is 12.3 Å². The second-order valence-electron chi connectivity index (χ2n) is 5.26. The van der Waals surface area contributed by atoms with Crippen LogP contribution in [0.2, 0.25) is 5.15 Å². The van der Waals surface area contributed by atoms with Crippen LogP contribution < -0.4 is 0 Å². The average molecular weight is 306 g/mol. The van der Waals surface area contributed by atoms with E-state index in [1.165, 1.54) is 7.11 Å². The highest BCUT2D eigenvalue weighted by molar-refractivity contribution is 6.33. The van der Waals surface area contributed by atoms with E-state index in [1.54, 1.807) is 6.20 Å². The summed E-state index contributed by atoms with van der Waals surface area (Å²) < 4.78 is 4.80. The molecule has 110 valence electrons. The van der Waals surface area contributed by atoms with E-state index < -0.39 is 0 Å². The van der Waals surface area contributed by atoms with Crippen LogP contribution in [0.15, 0.2) is 24.5 Å². The molecule has 1 saturated heterocycles. The Hall–Kier alpha value is -1.72. The second-order valence-corrected chi connectivity index (χ2v) is 5.62. The molecule has 3 rings (SSSR count). The van der Waals surface area contributed by atoms with Gasteiger partial charge in [-0.25, -0.2) is 4.98 Å². The number of pyridine rings is 2. The van der Waals surface area contributed by atoms with Crippen LogP contribution in [-0.4, -0.2) is 41.0 Å². The Morgan fingerprint density at radius 1 is 1.52 bits per heavy atom. The fourth-order valence-corrected chi connectivity index (χ4v) is 2.97. The van der Waals surface area contributed by atoms with Gasteiger partial charge in [-0.3, -0.25) is 14.7 Å². The zero-order valence-electron chi connectivity index (χ0n) is 11.8. The van der Waals surface area contributed by atoms with Crippen molar-refractivity contribution in [1.82, 2.24) is 14.9 Å². The molecule has 3 heterocycles. The number of aromatic nitrogens is 2. The highest BCUT2D eigenvalue weighted by Gasteiger charge is 2.28. The Morgan fingerprint density at radius 3 is 3.19 bits per heavy atom. The van der Waals surface area contributed by atoms with Gasteiger partial charge in [-0.05, 0) is 30.7 Å². The molecule has 1 aliphatic heterocycles. The van der Waals surface area contributed by atoms with Crippen molar-refractivity contribution in [2.24, 2.45) is 5.92 Å². The van der Waals surface area contributed by atoms with Gasteiger partial charge in [0.2, 0.25) is 0 Å². The maximum Gasteiger partial charge on any atom is 0.310 e. The highest BCUT2D eigenvalue weighted by Crippen LogP contribution is 2.23. The Bertz CT molecular complexity index is 677. The Morgan fingerprint density at radius 2 is 2.38 bits per heavy atom. The number of hydrogen-bond donors (Lipinski definition) is 0. The molecule has 21 heavy (non-hydrogen) atoms. The molecular formula is C15H16ClN3O2.